The number of likely N-dealkylation sites (N-methyl/N-ethyl adjacent to an activating group) is 1. The molecular weight excluding hydrogens is 232 g/mol. The first-order chi connectivity index (χ1) is 8.85. The highest BCUT2D eigenvalue weighted by Gasteiger charge is 2.26. The van der Waals surface area contributed by atoms with Crippen LogP contribution in [0.2, 0.25) is 0 Å². The smallest absolute Gasteiger partial charge is 0.138 e. The lowest BCUT2D eigenvalue weighted by Gasteiger charge is -2.30. The van der Waals surface area contributed by atoms with E-state index in [1.807, 2.05) is 4.68 Å². The van der Waals surface area contributed by atoms with Gasteiger partial charge in [0.25, 0.3) is 0 Å². The van der Waals surface area contributed by atoms with Crippen LogP contribution in [0.25, 0.3) is 0 Å². The van der Waals surface area contributed by atoms with E-state index in [0.717, 1.165) is 25.3 Å². The minimum Gasteiger partial charge on any atom is -0.376 e. The predicted molar refractivity (Wildman–Crippen MR) is 67.4 cm³/mol. The molecule has 0 saturated carbocycles. The Morgan fingerprint density at radius 3 is 3.06 bits per heavy atom. The summed E-state index contributed by atoms with van der Waals surface area (Å²) in [6.07, 6.45) is 2.52. The van der Waals surface area contributed by atoms with Crippen LogP contribution in [-0.2, 0) is 22.4 Å². The summed E-state index contributed by atoms with van der Waals surface area (Å²) in [5.74, 6) is 0.998. The van der Waals surface area contributed by atoms with Crippen molar-refractivity contribution in [2.45, 2.75) is 39.0 Å². The number of hydrogen-bond acceptors (Lipinski definition) is 5. The van der Waals surface area contributed by atoms with Gasteiger partial charge < -0.3 is 14.8 Å². The van der Waals surface area contributed by atoms with Gasteiger partial charge in [0.2, 0.25) is 0 Å². The van der Waals surface area contributed by atoms with Crippen molar-refractivity contribution in [1.29, 1.82) is 0 Å². The molecule has 2 unspecified atom stereocenters. The van der Waals surface area contributed by atoms with Crippen LogP contribution in [0, 0.1) is 0 Å². The van der Waals surface area contributed by atoms with E-state index >= 15 is 0 Å². The maximum absolute atomic E-state index is 5.77. The highest BCUT2D eigenvalue weighted by molar-refractivity contribution is 4.93. The number of aromatic nitrogens is 3. The summed E-state index contributed by atoms with van der Waals surface area (Å²) in [6.45, 7) is 7.94. The minimum atomic E-state index is 0.0979. The van der Waals surface area contributed by atoms with Crippen LogP contribution in [-0.4, -0.2) is 53.3 Å². The van der Waals surface area contributed by atoms with Crippen LogP contribution < -0.4 is 5.32 Å². The first-order valence-electron chi connectivity index (χ1n) is 6.64. The van der Waals surface area contributed by atoms with Crippen molar-refractivity contribution in [1.82, 2.24) is 20.1 Å². The van der Waals surface area contributed by atoms with Crippen molar-refractivity contribution in [3.05, 3.63) is 12.2 Å². The summed E-state index contributed by atoms with van der Waals surface area (Å²) in [5.41, 5.74) is 0. The maximum Gasteiger partial charge on any atom is 0.138 e. The molecule has 102 valence electrons. The van der Waals surface area contributed by atoms with Crippen molar-refractivity contribution in [2.75, 3.05) is 26.4 Å². The lowest BCUT2D eigenvalue weighted by atomic mass is 10.1. The van der Waals surface area contributed by atoms with Crippen LogP contribution in [0.5, 0.6) is 0 Å². The van der Waals surface area contributed by atoms with Gasteiger partial charge in [0.15, 0.2) is 0 Å². The zero-order valence-corrected chi connectivity index (χ0v) is 11.1. The molecule has 1 aliphatic rings. The van der Waals surface area contributed by atoms with Gasteiger partial charge in [-0.2, -0.15) is 5.10 Å². The van der Waals surface area contributed by atoms with Crippen LogP contribution >= 0.6 is 0 Å². The van der Waals surface area contributed by atoms with E-state index in [1.165, 1.54) is 0 Å². The van der Waals surface area contributed by atoms with E-state index < -0.39 is 0 Å². The third-order valence-corrected chi connectivity index (χ3v) is 3.15. The molecule has 1 saturated heterocycles. The van der Waals surface area contributed by atoms with E-state index in [4.69, 9.17) is 9.47 Å². The number of nitrogens with one attached hydrogen (secondary N) is 1. The van der Waals surface area contributed by atoms with E-state index in [1.54, 1.807) is 6.33 Å². The largest absolute Gasteiger partial charge is 0.376 e. The van der Waals surface area contributed by atoms with Crippen molar-refractivity contribution >= 4 is 0 Å². The summed E-state index contributed by atoms with van der Waals surface area (Å²) >= 11 is 0. The molecular formula is C12H22N4O2. The first-order valence-corrected chi connectivity index (χ1v) is 6.64. The van der Waals surface area contributed by atoms with Gasteiger partial charge in [-0.1, -0.05) is 6.92 Å². The van der Waals surface area contributed by atoms with Gasteiger partial charge in [-0.15, -0.1) is 0 Å². The zero-order chi connectivity index (χ0) is 12.8. The number of aryl methyl sites for hydroxylation is 1. The summed E-state index contributed by atoms with van der Waals surface area (Å²) in [7, 11) is 0. The average molecular weight is 254 g/mol. The Kier molecular flexibility index (Phi) is 5.10. The van der Waals surface area contributed by atoms with E-state index in [9.17, 15) is 0 Å². The Bertz CT molecular complexity index is 350. The molecule has 2 rings (SSSR count). The average Bonchev–Trinajstić information content (AvgIpc) is 2.86. The zero-order valence-electron chi connectivity index (χ0n) is 11.1. The molecule has 2 heterocycles. The molecule has 2 atom stereocenters. The van der Waals surface area contributed by atoms with Crippen LogP contribution in [0.3, 0.4) is 0 Å². The molecule has 0 spiro atoms. The SMILES string of the molecule is CCNC(Cc1ncnn1CC)C1COCCO1. The molecule has 0 aliphatic carbocycles. The first kappa shape index (κ1) is 13.5. The monoisotopic (exact) mass is 254 g/mol. The number of ether oxygens (including phenoxy) is 2. The van der Waals surface area contributed by atoms with Gasteiger partial charge in [-0.25, -0.2) is 4.98 Å². The van der Waals surface area contributed by atoms with E-state index in [0.29, 0.717) is 19.8 Å². The van der Waals surface area contributed by atoms with E-state index in [2.05, 4.69) is 29.2 Å². The second-order valence-corrected chi connectivity index (χ2v) is 4.34. The molecule has 1 aliphatic heterocycles. The summed E-state index contributed by atoms with van der Waals surface area (Å²) in [4.78, 5) is 4.32. The molecule has 1 aromatic heterocycles. The molecule has 6 nitrogen and oxygen atoms in total. The molecule has 0 radical (unpaired) electrons. The lowest BCUT2D eigenvalue weighted by Crippen LogP contribution is -2.48. The Balaban J connectivity index is 2.00. The fourth-order valence-electron chi connectivity index (χ4n) is 2.24. The molecule has 6 heteroatoms. The van der Waals surface area contributed by atoms with E-state index in [-0.39, 0.29) is 12.1 Å². The molecule has 0 bridgehead atoms. The fourth-order valence-corrected chi connectivity index (χ4v) is 2.24. The highest BCUT2D eigenvalue weighted by Crippen LogP contribution is 2.10. The summed E-state index contributed by atoms with van der Waals surface area (Å²) in [5, 5.41) is 7.65. The van der Waals surface area contributed by atoms with Gasteiger partial charge >= 0.3 is 0 Å². The van der Waals surface area contributed by atoms with Gasteiger partial charge in [0.1, 0.15) is 12.2 Å². The van der Waals surface area contributed by atoms with Crippen LogP contribution in [0.15, 0.2) is 6.33 Å². The van der Waals surface area contributed by atoms with Crippen LogP contribution in [0.4, 0.5) is 0 Å². The molecule has 18 heavy (non-hydrogen) atoms. The predicted octanol–water partition coefficient (Wildman–Crippen LogP) is 0.234. The van der Waals surface area contributed by atoms with Crippen molar-refractivity contribution < 1.29 is 9.47 Å². The van der Waals surface area contributed by atoms with Gasteiger partial charge in [-0.05, 0) is 13.5 Å². The molecule has 1 N–H and O–H groups in total. The van der Waals surface area contributed by atoms with Gasteiger partial charge in [-0.3, -0.25) is 4.68 Å². The standard InChI is InChI=1S/C12H22N4O2/c1-3-13-10(11-8-17-5-6-18-11)7-12-14-9-15-16(12)4-2/h9-11,13H,3-8H2,1-2H3. The maximum atomic E-state index is 5.77. The number of nitrogens with zero attached hydrogens (tertiary/aromatic N) is 3. The van der Waals surface area contributed by atoms with Gasteiger partial charge in [0.05, 0.1) is 25.9 Å². The molecule has 1 aromatic rings. The van der Waals surface area contributed by atoms with Gasteiger partial charge in [0, 0.05) is 19.0 Å². The topological polar surface area (TPSA) is 61.2 Å². The minimum absolute atomic E-state index is 0.0979. The Morgan fingerprint density at radius 2 is 2.39 bits per heavy atom. The Morgan fingerprint density at radius 1 is 1.50 bits per heavy atom. The second kappa shape index (κ2) is 6.82. The van der Waals surface area contributed by atoms with Crippen molar-refractivity contribution in [3.8, 4) is 0 Å². The highest BCUT2D eigenvalue weighted by atomic mass is 16.6. The lowest BCUT2D eigenvalue weighted by molar-refractivity contribution is -0.101. The number of hydrogen-bond donors (Lipinski definition) is 1. The summed E-state index contributed by atoms with van der Waals surface area (Å²) < 4.78 is 13.2. The Hall–Kier alpha value is -0.980. The second-order valence-electron chi connectivity index (χ2n) is 4.34. The molecule has 1 fully saturated rings. The van der Waals surface area contributed by atoms with Crippen molar-refractivity contribution in [2.24, 2.45) is 0 Å². The number of rotatable bonds is 6. The fraction of sp³-hybridized carbons (Fsp3) is 0.833. The summed E-state index contributed by atoms with van der Waals surface area (Å²) in [6, 6.07) is 0.227. The van der Waals surface area contributed by atoms with Crippen molar-refractivity contribution in [3.63, 3.8) is 0 Å². The van der Waals surface area contributed by atoms with Crippen LogP contribution in [0.1, 0.15) is 19.7 Å². The third kappa shape index (κ3) is 3.28. The Labute approximate surface area is 108 Å². The molecule has 0 amide bonds. The molecule has 0 aromatic carbocycles. The quantitative estimate of drug-likeness (QED) is 0.787. The third-order valence-electron chi connectivity index (χ3n) is 3.15. The normalized spacial score (nSPS) is 22.0.